The third kappa shape index (κ3) is 3.37. The molecule has 19 heavy (non-hydrogen) atoms. The van der Waals surface area contributed by atoms with E-state index in [1.807, 2.05) is 12.1 Å². The average Bonchev–Trinajstić information content (AvgIpc) is 2.47. The third-order valence-corrected chi connectivity index (χ3v) is 2.79. The Hall–Kier alpha value is -2.24. The molecule has 1 aromatic carbocycles. The Bertz CT molecular complexity index is 539. The number of nitrogens with two attached hydrogens (primary N) is 2. The van der Waals surface area contributed by atoms with Crippen molar-refractivity contribution in [1.82, 2.24) is 4.98 Å². The zero-order chi connectivity index (χ0) is 13.7. The molecule has 0 fully saturated rings. The molecular weight excluding hydrogens is 240 g/mol. The van der Waals surface area contributed by atoms with Crippen molar-refractivity contribution in [2.75, 3.05) is 11.9 Å². The van der Waals surface area contributed by atoms with Crippen LogP contribution >= 0.6 is 0 Å². The van der Waals surface area contributed by atoms with E-state index in [0.29, 0.717) is 17.8 Å². The number of aromatic nitrogens is 1. The summed E-state index contributed by atoms with van der Waals surface area (Å²) >= 11 is 0. The van der Waals surface area contributed by atoms with Crippen molar-refractivity contribution < 1.29 is 4.79 Å². The molecule has 0 aliphatic heterocycles. The molecule has 5 heteroatoms. The maximum Gasteiger partial charge on any atom is 0.255 e. The maximum absolute atomic E-state index is 12.0. The average molecular weight is 256 g/mol. The van der Waals surface area contributed by atoms with Crippen LogP contribution in [0, 0.1) is 0 Å². The fourth-order valence-electron chi connectivity index (χ4n) is 1.66. The van der Waals surface area contributed by atoms with Gasteiger partial charge in [-0.1, -0.05) is 12.1 Å². The normalized spacial score (nSPS) is 11.9. The molecule has 0 unspecified atom stereocenters. The van der Waals surface area contributed by atoms with E-state index in [-0.39, 0.29) is 11.9 Å². The minimum absolute atomic E-state index is 0.168. The first-order valence-electron chi connectivity index (χ1n) is 5.97. The number of nitrogens with zero attached hydrogens (tertiary/aromatic N) is 1. The van der Waals surface area contributed by atoms with Gasteiger partial charge in [0, 0.05) is 36.2 Å². The van der Waals surface area contributed by atoms with Gasteiger partial charge in [-0.2, -0.15) is 0 Å². The monoisotopic (exact) mass is 256 g/mol. The molecule has 0 saturated heterocycles. The topological polar surface area (TPSA) is 94.0 Å². The van der Waals surface area contributed by atoms with Gasteiger partial charge in [-0.3, -0.25) is 9.78 Å². The summed E-state index contributed by atoms with van der Waals surface area (Å²) in [6.07, 6.45) is 3.25. The molecule has 5 N–H and O–H groups in total. The second-order valence-electron chi connectivity index (χ2n) is 4.15. The standard InChI is InChI=1S/C14H16N4O/c15-9-13(16)10-1-3-11(4-2-10)14(19)18-12-5-7-17-8-6-12/h1-8,13H,9,15-16H2,(H,17,18,19)/t13-/m0/s1. The Kier molecular flexibility index (Phi) is 4.22. The number of rotatable bonds is 4. The van der Waals surface area contributed by atoms with Gasteiger partial charge in [-0.25, -0.2) is 0 Å². The molecule has 5 nitrogen and oxygen atoms in total. The second kappa shape index (κ2) is 6.08. The summed E-state index contributed by atoms with van der Waals surface area (Å²) in [7, 11) is 0. The second-order valence-corrected chi connectivity index (χ2v) is 4.15. The van der Waals surface area contributed by atoms with E-state index in [1.165, 1.54) is 0 Å². The quantitative estimate of drug-likeness (QED) is 0.768. The van der Waals surface area contributed by atoms with Crippen molar-refractivity contribution in [2.24, 2.45) is 11.5 Å². The molecule has 0 aliphatic carbocycles. The summed E-state index contributed by atoms with van der Waals surface area (Å²) in [6, 6.07) is 10.4. The summed E-state index contributed by atoms with van der Waals surface area (Å²) in [5.41, 5.74) is 13.5. The first-order valence-corrected chi connectivity index (χ1v) is 5.97. The zero-order valence-corrected chi connectivity index (χ0v) is 10.4. The lowest BCUT2D eigenvalue weighted by atomic mass is 10.1. The largest absolute Gasteiger partial charge is 0.329 e. The summed E-state index contributed by atoms with van der Waals surface area (Å²) in [4.78, 5) is 15.9. The Morgan fingerprint density at radius 2 is 1.79 bits per heavy atom. The number of amides is 1. The van der Waals surface area contributed by atoms with Gasteiger partial charge in [-0.05, 0) is 29.8 Å². The summed E-state index contributed by atoms with van der Waals surface area (Å²) in [6.45, 7) is 0.378. The Labute approximate surface area is 111 Å². The van der Waals surface area contributed by atoms with E-state index in [2.05, 4.69) is 10.3 Å². The van der Waals surface area contributed by atoms with Crippen LogP contribution in [0.4, 0.5) is 5.69 Å². The molecule has 0 bridgehead atoms. The predicted octanol–water partition coefficient (Wildman–Crippen LogP) is 1.29. The highest BCUT2D eigenvalue weighted by Crippen LogP contribution is 2.12. The van der Waals surface area contributed by atoms with Gasteiger partial charge in [0.1, 0.15) is 0 Å². The maximum atomic E-state index is 12.0. The first-order chi connectivity index (χ1) is 9.20. The molecule has 1 heterocycles. The van der Waals surface area contributed by atoms with Gasteiger partial charge in [0.25, 0.3) is 5.91 Å². The SMILES string of the molecule is NC[C@H](N)c1ccc(C(=O)Nc2ccncc2)cc1. The van der Waals surface area contributed by atoms with E-state index in [4.69, 9.17) is 11.5 Å². The van der Waals surface area contributed by atoms with E-state index >= 15 is 0 Å². The number of nitrogens with one attached hydrogen (secondary N) is 1. The molecular formula is C14H16N4O. The number of hydrogen-bond donors (Lipinski definition) is 3. The summed E-state index contributed by atoms with van der Waals surface area (Å²) in [5, 5.41) is 2.79. The van der Waals surface area contributed by atoms with Crippen LogP contribution in [0.2, 0.25) is 0 Å². The minimum atomic E-state index is -0.197. The van der Waals surface area contributed by atoms with Crippen molar-refractivity contribution in [3.63, 3.8) is 0 Å². The van der Waals surface area contributed by atoms with Crippen LogP contribution in [0.5, 0.6) is 0 Å². The Morgan fingerprint density at radius 1 is 1.16 bits per heavy atom. The Balaban J connectivity index is 2.08. The van der Waals surface area contributed by atoms with Crippen molar-refractivity contribution in [2.45, 2.75) is 6.04 Å². The Morgan fingerprint density at radius 3 is 2.37 bits per heavy atom. The minimum Gasteiger partial charge on any atom is -0.329 e. The van der Waals surface area contributed by atoms with Gasteiger partial charge < -0.3 is 16.8 Å². The number of pyridine rings is 1. The van der Waals surface area contributed by atoms with E-state index in [0.717, 1.165) is 5.56 Å². The fourth-order valence-corrected chi connectivity index (χ4v) is 1.66. The van der Waals surface area contributed by atoms with Gasteiger partial charge >= 0.3 is 0 Å². The van der Waals surface area contributed by atoms with Gasteiger partial charge in [0.2, 0.25) is 0 Å². The van der Waals surface area contributed by atoms with Crippen molar-refractivity contribution in [1.29, 1.82) is 0 Å². The molecule has 2 aromatic rings. The number of hydrogen-bond acceptors (Lipinski definition) is 4. The van der Waals surface area contributed by atoms with Crippen LogP contribution in [-0.2, 0) is 0 Å². The van der Waals surface area contributed by atoms with Crippen molar-refractivity contribution in [3.8, 4) is 0 Å². The van der Waals surface area contributed by atoms with E-state index < -0.39 is 0 Å². The molecule has 0 radical (unpaired) electrons. The molecule has 2 rings (SSSR count). The molecule has 0 saturated carbocycles. The van der Waals surface area contributed by atoms with Crippen LogP contribution in [0.15, 0.2) is 48.8 Å². The number of anilines is 1. The number of benzene rings is 1. The zero-order valence-electron chi connectivity index (χ0n) is 10.4. The number of carbonyl (C=O) groups excluding carboxylic acids is 1. The highest BCUT2D eigenvalue weighted by atomic mass is 16.1. The molecule has 1 amide bonds. The lowest BCUT2D eigenvalue weighted by Crippen LogP contribution is -2.20. The lowest BCUT2D eigenvalue weighted by molar-refractivity contribution is 0.102. The molecule has 0 spiro atoms. The molecule has 1 atom stereocenters. The lowest BCUT2D eigenvalue weighted by Gasteiger charge is -2.10. The third-order valence-electron chi connectivity index (χ3n) is 2.79. The molecule has 0 aliphatic rings. The van der Waals surface area contributed by atoms with Crippen molar-refractivity contribution >= 4 is 11.6 Å². The van der Waals surface area contributed by atoms with E-state index in [1.54, 1.807) is 36.7 Å². The van der Waals surface area contributed by atoms with Crippen LogP contribution in [0.1, 0.15) is 22.0 Å². The van der Waals surface area contributed by atoms with Crippen LogP contribution in [0.25, 0.3) is 0 Å². The predicted molar refractivity (Wildman–Crippen MR) is 74.6 cm³/mol. The fraction of sp³-hybridized carbons (Fsp3) is 0.143. The molecule has 98 valence electrons. The van der Waals surface area contributed by atoms with Gasteiger partial charge in [0.15, 0.2) is 0 Å². The van der Waals surface area contributed by atoms with E-state index in [9.17, 15) is 4.79 Å². The summed E-state index contributed by atoms with van der Waals surface area (Å²) in [5.74, 6) is -0.168. The first kappa shape index (κ1) is 13.2. The van der Waals surface area contributed by atoms with Crippen LogP contribution in [0.3, 0.4) is 0 Å². The highest BCUT2D eigenvalue weighted by Gasteiger charge is 2.08. The van der Waals surface area contributed by atoms with Gasteiger partial charge in [-0.15, -0.1) is 0 Å². The van der Waals surface area contributed by atoms with Crippen LogP contribution in [-0.4, -0.2) is 17.4 Å². The van der Waals surface area contributed by atoms with Gasteiger partial charge in [0.05, 0.1) is 0 Å². The van der Waals surface area contributed by atoms with Crippen LogP contribution < -0.4 is 16.8 Å². The van der Waals surface area contributed by atoms with Crippen molar-refractivity contribution in [3.05, 3.63) is 59.9 Å². The number of carbonyl (C=O) groups is 1. The smallest absolute Gasteiger partial charge is 0.255 e. The molecule has 1 aromatic heterocycles. The highest BCUT2D eigenvalue weighted by molar-refractivity contribution is 6.04. The summed E-state index contributed by atoms with van der Waals surface area (Å²) < 4.78 is 0.